The monoisotopic (exact) mass is 533 g/mol. The molecule has 0 aromatic heterocycles. The van der Waals surface area contributed by atoms with Gasteiger partial charge in [0.05, 0.1) is 18.0 Å². The number of hydrogen-bond acceptors (Lipinski definition) is 9. The first-order valence-electron chi connectivity index (χ1n) is 10.3. The zero-order valence-corrected chi connectivity index (χ0v) is 19.7. The van der Waals surface area contributed by atoms with Crippen molar-refractivity contribution in [2.24, 2.45) is 5.90 Å². The van der Waals surface area contributed by atoms with Gasteiger partial charge in [-0.1, -0.05) is 0 Å². The van der Waals surface area contributed by atoms with Crippen molar-refractivity contribution in [3.63, 3.8) is 0 Å². The summed E-state index contributed by atoms with van der Waals surface area (Å²) >= 11 is 0. The molecule has 2 aromatic carbocycles. The van der Waals surface area contributed by atoms with Gasteiger partial charge in [-0.05, 0) is 36.4 Å². The minimum Gasteiger partial charge on any atom is -0.451 e. The maximum Gasteiger partial charge on any atom is 0.409 e. The summed E-state index contributed by atoms with van der Waals surface area (Å²) in [7, 11) is -3.28. The molecule has 1 aliphatic heterocycles. The fraction of sp³-hybridized carbons (Fsp3) is 0.333. The predicted octanol–water partition coefficient (Wildman–Crippen LogP) is 1.77. The van der Waals surface area contributed by atoms with E-state index in [1.54, 1.807) is 0 Å². The summed E-state index contributed by atoms with van der Waals surface area (Å²) < 4.78 is 84.3. The number of piperazine rings is 1. The second-order valence-corrected chi connectivity index (χ2v) is 9.28. The highest BCUT2D eigenvalue weighted by molar-refractivity contribution is 7.89. The molecule has 0 radical (unpaired) electrons. The average Bonchev–Trinajstić information content (AvgIpc) is 2.86. The molecule has 0 spiro atoms. The van der Waals surface area contributed by atoms with Crippen LogP contribution in [-0.4, -0.2) is 75.7 Å². The number of methoxy groups -OCH3 is 1. The molecule has 1 fully saturated rings. The molecule has 11 nitrogen and oxygen atoms in total. The summed E-state index contributed by atoms with van der Waals surface area (Å²) in [5.74, 6) is -0.604. The van der Waals surface area contributed by atoms with Gasteiger partial charge in [-0.15, -0.1) is 0 Å². The highest BCUT2D eigenvalue weighted by atomic mass is 32.2. The Morgan fingerprint density at radius 1 is 1.06 bits per heavy atom. The Bertz CT molecular complexity index is 1190. The number of halogens is 3. The van der Waals surface area contributed by atoms with Crippen LogP contribution in [0.1, 0.15) is 0 Å². The largest absolute Gasteiger partial charge is 0.451 e. The highest BCUT2D eigenvalue weighted by Crippen LogP contribution is 2.32. The third-order valence-electron chi connectivity index (χ3n) is 5.10. The van der Waals surface area contributed by atoms with E-state index < -0.39 is 69.3 Å². The van der Waals surface area contributed by atoms with Crippen LogP contribution in [-0.2, 0) is 29.1 Å². The second-order valence-electron chi connectivity index (χ2n) is 7.39. The lowest BCUT2D eigenvalue weighted by molar-refractivity contribution is -0.150. The van der Waals surface area contributed by atoms with Crippen LogP contribution < -0.4 is 10.6 Å². The molecule has 0 bridgehead atoms. The average molecular weight is 533 g/mol. The van der Waals surface area contributed by atoms with Gasteiger partial charge in [-0.2, -0.15) is 10.2 Å². The van der Waals surface area contributed by atoms with Crippen LogP contribution in [0.2, 0.25) is 0 Å². The van der Waals surface area contributed by atoms with Gasteiger partial charge in [0.15, 0.2) is 17.4 Å². The van der Waals surface area contributed by atoms with Gasteiger partial charge in [-0.3, -0.25) is 0 Å². The zero-order valence-electron chi connectivity index (χ0n) is 18.9. The fourth-order valence-corrected chi connectivity index (χ4v) is 4.92. The Kier molecular flexibility index (Phi) is 8.73. The minimum absolute atomic E-state index is 0.0786. The van der Waals surface area contributed by atoms with Crippen LogP contribution in [0.4, 0.5) is 18.0 Å². The zero-order chi connectivity index (χ0) is 26.5. The summed E-state index contributed by atoms with van der Waals surface area (Å²) in [6.45, 7) is -1.08. The summed E-state index contributed by atoms with van der Waals surface area (Å²) in [6.07, 6.45) is -0.835. The summed E-state index contributed by atoms with van der Waals surface area (Å²) in [5, 5.41) is 0. The predicted molar refractivity (Wildman–Crippen MR) is 116 cm³/mol. The van der Waals surface area contributed by atoms with Gasteiger partial charge in [0, 0.05) is 20.2 Å². The lowest BCUT2D eigenvalue weighted by Crippen LogP contribution is -2.60. The van der Waals surface area contributed by atoms with Crippen molar-refractivity contribution in [3.05, 3.63) is 53.8 Å². The Morgan fingerprint density at radius 2 is 1.69 bits per heavy atom. The number of amides is 1. The van der Waals surface area contributed by atoms with E-state index in [2.05, 4.69) is 4.84 Å². The van der Waals surface area contributed by atoms with Gasteiger partial charge in [0.25, 0.3) is 0 Å². The number of nitrogens with two attached hydrogens (primary N) is 1. The Morgan fingerprint density at radius 3 is 2.28 bits per heavy atom. The lowest BCUT2D eigenvalue weighted by atomic mass is 10.2. The van der Waals surface area contributed by atoms with Crippen molar-refractivity contribution in [2.75, 3.05) is 40.0 Å². The Labute approximate surface area is 204 Å². The molecular formula is C21H22F3N3O8S. The van der Waals surface area contributed by atoms with Gasteiger partial charge in [0.2, 0.25) is 10.0 Å². The van der Waals surface area contributed by atoms with Crippen LogP contribution >= 0.6 is 0 Å². The molecular weight excluding hydrogens is 511 g/mol. The molecule has 1 amide bonds. The molecule has 0 unspecified atom stereocenters. The number of carbonyl (C=O) groups excluding carboxylic acids is 2. The standard InChI is InChI=1S/C21H22F3N3O8S/c1-32-8-9-33-21(29)26-6-7-27(18(12-26)20(28)35-25)36(30,31)15-10-16(23)19(17(24)11-15)34-14-4-2-13(22)3-5-14/h2-5,10-11,18H,6-9,12,25H2,1H3/t18-/m1/s1. The van der Waals surface area contributed by atoms with E-state index >= 15 is 0 Å². The van der Waals surface area contributed by atoms with Crippen LogP contribution in [0.25, 0.3) is 0 Å². The van der Waals surface area contributed by atoms with Crippen molar-refractivity contribution < 1.29 is 50.2 Å². The number of hydrogen-bond donors (Lipinski definition) is 1. The molecule has 2 aromatic rings. The highest BCUT2D eigenvalue weighted by Gasteiger charge is 2.43. The molecule has 1 saturated heterocycles. The van der Waals surface area contributed by atoms with E-state index in [4.69, 9.17) is 20.1 Å². The third-order valence-corrected chi connectivity index (χ3v) is 6.99. The van der Waals surface area contributed by atoms with Gasteiger partial charge < -0.3 is 23.9 Å². The number of nitrogens with zero attached hydrogens (tertiary/aromatic N) is 2. The molecule has 2 N–H and O–H groups in total. The molecule has 15 heteroatoms. The lowest BCUT2D eigenvalue weighted by Gasteiger charge is -2.38. The molecule has 196 valence electrons. The molecule has 36 heavy (non-hydrogen) atoms. The van der Waals surface area contributed by atoms with Gasteiger partial charge in [0.1, 0.15) is 24.2 Å². The molecule has 1 aliphatic rings. The molecule has 1 atom stereocenters. The van der Waals surface area contributed by atoms with Crippen molar-refractivity contribution in [2.45, 2.75) is 10.9 Å². The van der Waals surface area contributed by atoms with Crippen molar-refractivity contribution in [3.8, 4) is 11.5 Å². The number of ether oxygens (including phenoxy) is 3. The topological polar surface area (TPSA) is 138 Å². The first-order valence-corrected chi connectivity index (χ1v) is 11.8. The number of carbonyl (C=O) groups is 2. The van der Waals surface area contributed by atoms with E-state index in [0.717, 1.165) is 29.2 Å². The SMILES string of the molecule is COCCOC(=O)N1CCN(S(=O)(=O)c2cc(F)c(Oc3ccc(F)cc3)c(F)c2)[C@@H](C(=O)ON)C1. The summed E-state index contributed by atoms with van der Waals surface area (Å²) in [4.78, 5) is 28.9. The van der Waals surface area contributed by atoms with E-state index in [1.807, 2.05) is 0 Å². The molecule has 0 saturated carbocycles. The van der Waals surface area contributed by atoms with Gasteiger partial charge in [-0.25, -0.2) is 31.2 Å². The van der Waals surface area contributed by atoms with Crippen LogP contribution in [0.5, 0.6) is 11.5 Å². The normalized spacial score (nSPS) is 16.5. The van der Waals surface area contributed by atoms with E-state index in [9.17, 15) is 31.2 Å². The van der Waals surface area contributed by atoms with E-state index in [0.29, 0.717) is 16.4 Å². The maximum absolute atomic E-state index is 14.7. The third kappa shape index (κ3) is 6.04. The Balaban J connectivity index is 1.85. The minimum atomic E-state index is -4.68. The first kappa shape index (κ1) is 27.2. The van der Waals surface area contributed by atoms with Gasteiger partial charge >= 0.3 is 12.1 Å². The number of benzene rings is 2. The fourth-order valence-electron chi connectivity index (χ4n) is 3.33. The van der Waals surface area contributed by atoms with Crippen LogP contribution in [0.3, 0.4) is 0 Å². The van der Waals surface area contributed by atoms with E-state index in [-0.39, 0.29) is 25.5 Å². The van der Waals surface area contributed by atoms with Crippen LogP contribution in [0, 0.1) is 17.5 Å². The summed E-state index contributed by atoms with van der Waals surface area (Å²) in [5.41, 5.74) is 0. The van der Waals surface area contributed by atoms with Crippen molar-refractivity contribution in [1.82, 2.24) is 9.21 Å². The number of sulfonamides is 1. The molecule has 0 aliphatic carbocycles. The molecule has 1 heterocycles. The molecule has 3 rings (SSSR count). The quantitative estimate of drug-likeness (QED) is 0.397. The van der Waals surface area contributed by atoms with Crippen LogP contribution in [0.15, 0.2) is 41.3 Å². The van der Waals surface area contributed by atoms with E-state index in [1.165, 1.54) is 7.11 Å². The first-order chi connectivity index (χ1) is 17.1. The number of rotatable bonds is 8. The smallest absolute Gasteiger partial charge is 0.409 e. The van der Waals surface area contributed by atoms with Crippen molar-refractivity contribution in [1.29, 1.82) is 0 Å². The van der Waals surface area contributed by atoms with Crippen molar-refractivity contribution >= 4 is 22.1 Å². The maximum atomic E-state index is 14.7. The summed E-state index contributed by atoms with van der Waals surface area (Å²) in [6, 6.07) is 3.66. The second kappa shape index (κ2) is 11.6. The Hall–Kier alpha value is -3.40.